The Bertz CT molecular complexity index is 573. The minimum atomic E-state index is 0.157. The largest absolute Gasteiger partial charge is 0.361 e. The maximum absolute atomic E-state index is 12.0. The molecule has 1 amide bonds. The van der Waals surface area contributed by atoms with Gasteiger partial charge >= 0.3 is 0 Å². The summed E-state index contributed by atoms with van der Waals surface area (Å²) >= 11 is 0. The van der Waals surface area contributed by atoms with Crippen LogP contribution in [0.15, 0.2) is 30.5 Å². The van der Waals surface area contributed by atoms with Crippen LogP contribution in [0.2, 0.25) is 0 Å². The van der Waals surface area contributed by atoms with Crippen molar-refractivity contribution in [2.24, 2.45) is 0 Å². The van der Waals surface area contributed by atoms with E-state index in [4.69, 9.17) is 0 Å². The van der Waals surface area contributed by atoms with E-state index in [9.17, 15) is 4.79 Å². The maximum atomic E-state index is 12.0. The third kappa shape index (κ3) is 4.62. The van der Waals surface area contributed by atoms with E-state index in [0.717, 1.165) is 18.4 Å². The molecule has 2 aromatic rings. The molecule has 3 heteroatoms. The topological polar surface area (TPSA) is 44.9 Å². The van der Waals surface area contributed by atoms with Gasteiger partial charge in [-0.25, -0.2) is 0 Å². The van der Waals surface area contributed by atoms with E-state index < -0.39 is 0 Å². The minimum Gasteiger partial charge on any atom is -0.361 e. The molecule has 0 radical (unpaired) electrons. The predicted octanol–water partition coefficient (Wildman–Crippen LogP) is 4.19. The highest BCUT2D eigenvalue weighted by Crippen LogP contribution is 2.18. The molecule has 114 valence electrons. The van der Waals surface area contributed by atoms with Gasteiger partial charge in [0.2, 0.25) is 5.91 Å². The molecule has 0 saturated heterocycles. The lowest BCUT2D eigenvalue weighted by Crippen LogP contribution is -2.32. The molecule has 0 aliphatic rings. The lowest BCUT2D eigenvalue weighted by molar-refractivity contribution is -0.121. The molecule has 3 nitrogen and oxygen atoms in total. The van der Waals surface area contributed by atoms with Gasteiger partial charge in [0.05, 0.1) is 0 Å². The molecule has 0 spiro atoms. The number of para-hydroxylation sites is 1. The standard InChI is InChI=1S/C18H26N2O/c1-3-4-5-8-14(2)20-18(21)12-11-15-13-19-17-10-7-6-9-16(15)17/h6-7,9-10,13-14,19H,3-5,8,11-12H2,1-2H3,(H,20,21). The molecule has 0 bridgehead atoms. The summed E-state index contributed by atoms with van der Waals surface area (Å²) in [5.41, 5.74) is 2.36. The fraction of sp³-hybridized carbons (Fsp3) is 0.500. The SMILES string of the molecule is CCCCCC(C)NC(=O)CCc1c[nH]c2ccccc12. The van der Waals surface area contributed by atoms with Crippen molar-refractivity contribution in [2.75, 3.05) is 0 Å². The van der Waals surface area contributed by atoms with E-state index in [2.05, 4.69) is 36.3 Å². The van der Waals surface area contributed by atoms with Gasteiger partial charge in [-0.3, -0.25) is 4.79 Å². The quantitative estimate of drug-likeness (QED) is 0.702. The zero-order chi connectivity index (χ0) is 15.1. The molecule has 1 unspecified atom stereocenters. The number of aryl methyl sites for hydroxylation is 1. The van der Waals surface area contributed by atoms with Crippen molar-refractivity contribution >= 4 is 16.8 Å². The van der Waals surface area contributed by atoms with Gasteiger partial charge in [0.15, 0.2) is 0 Å². The molecule has 1 heterocycles. The Hall–Kier alpha value is -1.77. The summed E-state index contributed by atoms with van der Waals surface area (Å²) in [6, 6.07) is 8.51. The van der Waals surface area contributed by atoms with Gasteiger partial charge in [0, 0.05) is 29.6 Å². The number of aromatic nitrogens is 1. The first-order chi connectivity index (χ1) is 10.2. The Morgan fingerprint density at radius 3 is 2.90 bits per heavy atom. The first-order valence-corrected chi connectivity index (χ1v) is 8.05. The van der Waals surface area contributed by atoms with Crippen molar-refractivity contribution in [3.8, 4) is 0 Å². The number of H-pyrrole nitrogens is 1. The number of fused-ring (bicyclic) bond motifs is 1. The number of amides is 1. The average Bonchev–Trinajstić information content (AvgIpc) is 2.88. The monoisotopic (exact) mass is 286 g/mol. The molecule has 0 aliphatic heterocycles. The number of hydrogen-bond donors (Lipinski definition) is 2. The molecule has 1 atom stereocenters. The molecule has 2 rings (SSSR count). The lowest BCUT2D eigenvalue weighted by atomic mass is 10.1. The van der Waals surface area contributed by atoms with Crippen LogP contribution in [0.1, 0.15) is 51.5 Å². The molecule has 21 heavy (non-hydrogen) atoms. The van der Waals surface area contributed by atoms with E-state index in [1.54, 1.807) is 0 Å². The van der Waals surface area contributed by atoms with Gasteiger partial charge < -0.3 is 10.3 Å². The normalized spacial score (nSPS) is 12.5. The van der Waals surface area contributed by atoms with Crippen LogP contribution in [0, 0.1) is 0 Å². The molecular weight excluding hydrogens is 260 g/mol. The van der Waals surface area contributed by atoms with E-state index in [-0.39, 0.29) is 11.9 Å². The fourth-order valence-corrected chi connectivity index (χ4v) is 2.71. The van der Waals surface area contributed by atoms with Gasteiger partial charge in [0.25, 0.3) is 0 Å². The fourth-order valence-electron chi connectivity index (χ4n) is 2.71. The molecule has 0 fully saturated rings. The highest BCUT2D eigenvalue weighted by Gasteiger charge is 2.09. The van der Waals surface area contributed by atoms with Gasteiger partial charge in [-0.2, -0.15) is 0 Å². The number of benzene rings is 1. The first kappa shape index (κ1) is 15.6. The number of nitrogens with one attached hydrogen (secondary N) is 2. The lowest BCUT2D eigenvalue weighted by Gasteiger charge is -2.13. The summed E-state index contributed by atoms with van der Waals surface area (Å²) in [4.78, 5) is 15.3. The van der Waals surface area contributed by atoms with Crippen LogP contribution in [-0.4, -0.2) is 16.9 Å². The highest BCUT2D eigenvalue weighted by molar-refractivity contribution is 5.84. The maximum Gasteiger partial charge on any atom is 0.220 e. The van der Waals surface area contributed by atoms with Crippen LogP contribution in [0.25, 0.3) is 10.9 Å². The second-order valence-electron chi connectivity index (χ2n) is 5.82. The molecule has 1 aromatic carbocycles. The minimum absolute atomic E-state index is 0.157. The van der Waals surface area contributed by atoms with E-state index >= 15 is 0 Å². The van der Waals surface area contributed by atoms with Crippen molar-refractivity contribution < 1.29 is 4.79 Å². The smallest absolute Gasteiger partial charge is 0.220 e. The summed E-state index contributed by atoms with van der Waals surface area (Å²) in [6.07, 6.45) is 8.10. The Morgan fingerprint density at radius 1 is 1.29 bits per heavy atom. The number of carbonyl (C=O) groups excluding carboxylic acids is 1. The second-order valence-corrected chi connectivity index (χ2v) is 5.82. The first-order valence-electron chi connectivity index (χ1n) is 8.05. The average molecular weight is 286 g/mol. The van der Waals surface area contributed by atoms with Crippen LogP contribution in [-0.2, 0) is 11.2 Å². The predicted molar refractivity (Wildman–Crippen MR) is 88.4 cm³/mol. The number of unbranched alkanes of at least 4 members (excludes halogenated alkanes) is 2. The van der Waals surface area contributed by atoms with Gasteiger partial charge in [-0.05, 0) is 31.4 Å². The molecule has 2 N–H and O–H groups in total. The zero-order valence-electron chi connectivity index (χ0n) is 13.1. The zero-order valence-corrected chi connectivity index (χ0v) is 13.1. The van der Waals surface area contributed by atoms with Crippen molar-refractivity contribution in [3.63, 3.8) is 0 Å². The van der Waals surface area contributed by atoms with Crippen LogP contribution in [0.3, 0.4) is 0 Å². The number of hydrogen-bond acceptors (Lipinski definition) is 1. The molecule has 1 aromatic heterocycles. The van der Waals surface area contributed by atoms with Crippen molar-refractivity contribution in [3.05, 3.63) is 36.0 Å². The molecule has 0 saturated carbocycles. The number of aromatic amines is 1. The van der Waals surface area contributed by atoms with Crippen molar-refractivity contribution in [1.29, 1.82) is 0 Å². The summed E-state index contributed by atoms with van der Waals surface area (Å²) in [7, 11) is 0. The summed E-state index contributed by atoms with van der Waals surface area (Å²) < 4.78 is 0. The Labute approximate surface area is 127 Å². The van der Waals surface area contributed by atoms with Crippen molar-refractivity contribution in [2.45, 2.75) is 58.4 Å². The van der Waals surface area contributed by atoms with Gasteiger partial charge in [-0.1, -0.05) is 44.4 Å². The Balaban J connectivity index is 1.78. The van der Waals surface area contributed by atoms with Crippen LogP contribution in [0.5, 0.6) is 0 Å². The highest BCUT2D eigenvalue weighted by atomic mass is 16.1. The third-order valence-corrected chi connectivity index (χ3v) is 3.94. The van der Waals surface area contributed by atoms with E-state index in [1.165, 1.54) is 30.2 Å². The second kappa shape index (κ2) is 7.87. The molecular formula is C18H26N2O. The molecule has 0 aliphatic carbocycles. The van der Waals surface area contributed by atoms with E-state index in [1.807, 2.05) is 18.3 Å². The number of rotatable bonds is 8. The summed E-state index contributed by atoms with van der Waals surface area (Å²) in [5, 5.41) is 4.32. The van der Waals surface area contributed by atoms with Crippen LogP contribution in [0.4, 0.5) is 0 Å². The van der Waals surface area contributed by atoms with Crippen molar-refractivity contribution in [1.82, 2.24) is 10.3 Å². The Morgan fingerprint density at radius 2 is 2.10 bits per heavy atom. The van der Waals surface area contributed by atoms with E-state index in [0.29, 0.717) is 6.42 Å². The third-order valence-electron chi connectivity index (χ3n) is 3.94. The van der Waals surface area contributed by atoms with Crippen LogP contribution >= 0.6 is 0 Å². The number of carbonyl (C=O) groups is 1. The van der Waals surface area contributed by atoms with Gasteiger partial charge in [-0.15, -0.1) is 0 Å². The Kier molecular flexibility index (Phi) is 5.85. The van der Waals surface area contributed by atoms with Crippen LogP contribution < -0.4 is 5.32 Å². The van der Waals surface area contributed by atoms with Gasteiger partial charge in [0.1, 0.15) is 0 Å². The summed E-state index contributed by atoms with van der Waals surface area (Å²) in [6.45, 7) is 4.30. The summed E-state index contributed by atoms with van der Waals surface area (Å²) in [5.74, 6) is 0.157.